The fourth-order valence-corrected chi connectivity index (χ4v) is 0. The summed E-state index contributed by atoms with van der Waals surface area (Å²) in [6, 6.07) is 0. The van der Waals surface area contributed by atoms with E-state index in [2.05, 4.69) is 25.3 Å². The zero-order valence-electron chi connectivity index (χ0n) is 6.31. The normalized spacial score (nSPS) is 6.17. The first-order chi connectivity index (χ1) is 4.54. The summed E-state index contributed by atoms with van der Waals surface area (Å²) in [5.74, 6) is -2.97. The van der Waals surface area contributed by atoms with Crippen molar-refractivity contribution in [3.63, 3.8) is 0 Å². The van der Waals surface area contributed by atoms with Crippen LogP contribution in [0.4, 0.5) is 0 Å². The van der Waals surface area contributed by atoms with E-state index in [9.17, 15) is 0 Å². The molecule has 0 bridgehead atoms. The molecule has 0 aliphatic heterocycles. The number of aliphatic carboxylic acids is 2. The average molecular weight is 325 g/mol. The molecule has 2 radical (unpaired) electrons. The van der Waals surface area contributed by atoms with E-state index >= 15 is 0 Å². The van der Waals surface area contributed by atoms with Crippen LogP contribution < -0.4 is 39.8 Å². The van der Waals surface area contributed by atoms with Gasteiger partial charge in [-0.15, -0.1) is 11.5 Å². The maximum atomic E-state index is 9.15. The molecule has 0 aliphatic carbocycles. The summed E-state index contributed by atoms with van der Waals surface area (Å²) in [4.78, 5) is 18.3. The molecule has 0 aromatic rings. The van der Waals surface area contributed by atoms with Gasteiger partial charge in [-0.1, -0.05) is 0 Å². The van der Waals surface area contributed by atoms with E-state index in [0.717, 1.165) is 0 Å². The summed E-state index contributed by atoms with van der Waals surface area (Å²) < 4.78 is 0. The van der Waals surface area contributed by atoms with Crippen LogP contribution in [0.5, 0.6) is 0 Å². The molecule has 12 heavy (non-hydrogen) atoms. The van der Waals surface area contributed by atoms with Crippen LogP contribution in [0.25, 0.3) is 0 Å². The van der Waals surface area contributed by atoms with Crippen LogP contribution in [-0.4, -0.2) is 47.9 Å². The van der Waals surface area contributed by atoms with Crippen molar-refractivity contribution in [1.82, 2.24) is 0 Å². The van der Waals surface area contributed by atoms with Crippen molar-refractivity contribution in [3.05, 3.63) is 0 Å². The molecule has 0 amide bonds. The van der Waals surface area contributed by atoms with Gasteiger partial charge in [-0.25, -0.2) is 0 Å². The van der Waals surface area contributed by atoms with E-state index in [1.807, 2.05) is 0 Å². The molecule has 0 rings (SSSR count). The van der Waals surface area contributed by atoms with Crippen LogP contribution in [0.15, 0.2) is 0 Å². The number of rotatable bonds is 2. The van der Waals surface area contributed by atoms with Crippen LogP contribution in [-0.2, 0) is 34.8 Å². The van der Waals surface area contributed by atoms with Crippen LogP contribution in [0, 0.1) is 0 Å². The van der Waals surface area contributed by atoms with E-state index in [4.69, 9.17) is 19.8 Å². The number of hydrogen-bond donors (Lipinski definition) is 0. The molecule has 62 valence electrons. The number of carboxylic acid groups (broad SMARTS) is 2. The Morgan fingerprint density at radius 3 is 1.08 bits per heavy atom. The maximum Gasteiger partial charge on any atom is 3.00 e. The first kappa shape index (κ1) is 23.3. The van der Waals surface area contributed by atoms with Gasteiger partial charge in [0.25, 0.3) is 0 Å². The minimum atomic E-state index is -1.18. The molecule has 0 spiro atoms. The number of carbonyl (C=O) groups is 2. The predicted molar refractivity (Wildman–Crippen MR) is 40.2 cm³/mol. The molecular formula is C4H4NaO4S2Sb. The molecule has 4 nitrogen and oxygen atoms in total. The quantitative estimate of drug-likeness (QED) is 0.371. The SMILES string of the molecule is O=C([O-])C[S-].O=C([O-])C[S-].[Na+].[Sb+3]. The number of carbonyl (C=O) groups excluding carboxylic acids is 2. The minimum Gasteiger partial charge on any atom is -0.787 e. The largest absolute Gasteiger partial charge is 3.00 e. The Labute approximate surface area is 121 Å². The molecule has 0 saturated heterocycles. The first-order valence-electron chi connectivity index (χ1n) is 2.10. The molecule has 0 aromatic carbocycles. The van der Waals surface area contributed by atoms with Crippen LogP contribution in [0.1, 0.15) is 0 Å². The van der Waals surface area contributed by atoms with E-state index < -0.39 is 11.9 Å². The monoisotopic (exact) mass is 324 g/mol. The Morgan fingerprint density at radius 1 is 1.00 bits per heavy atom. The Morgan fingerprint density at radius 2 is 1.08 bits per heavy atom. The molecule has 0 aromatic heterocycles. The zero-order valence-corrected chi connectivity index (χ0v) is 12.5. The third-order valence-corrected chi connectivity index (χ3v) is 0.707. The molecule has 0 aliphatic rings. The summed E-state index contributed by atoms with van der Waals surface area (Å²) >= 11 is 8.03. The van der Waals surface area contributed by atoms with Crippen LogP contribution in [0.2, 0.25) is 0 Å². The fraction of sp³-hybridized carbons (Fsp3) is 0.500. The predicted octanol–water partition coefficient (Wildman–Crippen LogP) is -6.81. The Bertz CT molecular complexity index is 110. The number of hydrogen-bond acceptors (Lipinski definition) is 6. The smallest absolute Gasteiger partial charge is 0.787 e. The summed E-state index contributed by atoms with van der Waals surface area (Å²) in [7, 11) is 0. The molecule has 0 N–H and O–H groups in total. The Hall–Kier alpha value is 1.46. The van der Waals surface area contributed by atoms with E-state index in [-0.39, 0.29) is 65.5 Å². The van der Waals surface area contributed by atoms with Gasteiger partial charge in [-0.05, 0) is 0 Å². The van der Waals surface area contributed by atoms with Crippen molar-refractivity contribution in [2.45, 2.75) is 0 Å². The van der Waals surface area contributed by atoms with E-state index in [1.165, 1.54) is 0 Å². The standard InChI is InChI=1S/2C2H4O2S.Na.Sb/c2*3-2(4)1-5;;/h2*5H,1H2,(H,3,4);;/q;;+1;+3/p-4. The second kappa shape index (κ2) is 18.3. The Balaban J connectivity index is -0.0000000457. The fourth-order valence-electron chi connectivity index (χ4n) is 0. The van der Waals surface area contributed by atoms with Gasteiger partial charge in [0.15, 0.2) is 0 Å². The van der Waals surface area contributed by atoms with Crippen molar-refractivity contribution in [2.75, 3.05) is 11.5 Å². The first-order valence-corrected chi connectivity index (χ1v) is 3.26. The van der Waals surface area contributed by atoms with Gasteiger partial charge in [0.2, 0.25) is 0 Å². The van der Waals surface area contributed by atoms with Crippen LogP contribution in [0.3, 0.4) is 0 Å². The minimum absolute atomic E-state index is 0. The third kappa shape index (κ3) is 42.1. The molecular weight excluding hydrogens is 321 g/mol. The summed E-state index contributed by atoms with van der Waals surface area (Å²) in [6.07, 6.45) is 0. The summed E-state index contributed by atoms with van der Waals surface area (Å²) in [6.45, 7) is 0. The van der Waals surface area contributed by atoms with Gasteiger partial charge in [0.1, 0.15) is 0 Å². The van der Waals surface area contributed by atoms with Gasteiger partial charge in [-0.2, -0.15) is 0 Å². The van der Waals surface area contributed by atoms with Gasteiger partial charge in [0, 0.05) is 11.9 Å². The van der Waals surface area contributed by atoms with Gasteiger partial charge in [0.05, 0.1) is 0 Å². The van der Waals surface area contributed by atoms with Crippen molar-refractivity contribution in [3.8, 4) is 0 Å². The zero-order chi connectivity index (χ0) is 8.57. The summed E-state index contributed by atoms with van der Waals surface area (Å²) in [5, 5.41) is 18.3. The second-order valence-electron chi connectivity index (χ2n) is 1.03. The van der Waals surface area contributed by atoms with Gasteiger partial charge >= 0.3 is 54.0 Å². The summed E-state index contributed by atoms with van der Waals surface area (Å²) in [5.41, 5.74) is 0. The van der Waals surface area contributed by atoms with Crippen molar-refractivity contribution in [2.24, 2.45) is 0 Å². The van der Waals surface area contributed by atoms with Crippen LogP contribution >= 0.6 is 0 Å². The number of carboxylic acids is 2. The average Bonchev–Trinajstić information content (AvgIpc) is 1.89. The second-order valence-corrected chi connectivity index (χ2v) is 1.61. The maximum absolute atomic E-state index is 9.15. The van der Waals surface area contributed by atoms with Crippen molar-refractivity contribution >= 4 is 61.6 Å². The van der Waals surface area contributed by atoms with Gasteiger partial charge in [-0.3, -0.25) is 0 Å². The Kier molecular flexibility index (Phi) is 35.6. The van der Waals surface area contributed by atoms with Crippen molar-refractivity contribution in [1.29, 1.82) is 0 Å². The molecule has 0 saturated carbocycles. The third-order valence-electron chi connectivity index (χ3n) is 0.236. The molecule has 0 unspecified atom stereocenters. The van der Waals surface area contributed by atoms with Gasteiger partial charge < -0.3 is 45.1 Å². The molecule has 0 atom stereocenters. The van der Waals surface area contributed by atoms with Crippen molar-refractivity contribution < 1.29 is 49.4 Å². The topological polar surface area (TPSA) is 80.3 Å². The van der Waals surface area contributed by atoms with E-state index in [1.54, 1.807) is 0 Å². The molecule has 8 heteroatoms. The van der Waals surface area contributed by atoms with E-state index in [0.29, 0.717) is 0 Å². The molecule has 0 heterocycles. The molecule has 0 fully saturated rings.